The van der Waals surface area contributed by atoms with Crippen molar-refractivity contribution in [2.45, 2.75) is 31.8 Å². The Labute approximate surface area is 120 Å². The zero-order chi connectivity index (χ0) is 14.1. The van der Waals surface area contributed by atoms with Crippen LogP contribution in [-0.2, 0) is 17.8 Å². The molecule has 1 aromatic heterocycles. The van der Waals surface area contributed by atoms with Crippen LogP contribution in [-0.4, -0.2) is 27.4 Å². The van der Waals surface area contributed by atoms with E-state index in [2.05, 4.69) is 10.3 Å². The molecule has 0 aliphatic carbocycles. The molecule has 1 saturated heterocycles. The van der Waals surface area contributed by atoms with Crippen LogP contribution in [0.5, 0.6) is 0 Å². The van der Waals surface area contributed by atoms with Crippen LogP contribution in [0.2, 0.25) is 0 Å². The van der Waals surface area contributed by atoms with E-state index in [-0.39, 0.29) is 17.8 Å². The second-order valence-electron chi connectivity index (χ2n) is 5.01. The fourth-order valence-electron chi connectivity index (χ4n) is 2.66. The van der Waals surface area contributed by atoms with Gasteiger partial charge in [-0.1, -0.05) is 0 Å². The molecule has 1 amide bonds. The molecule has 2 heterocycles. The van der Waals surface area contributed by atoms with Crippen molar-refractivity contribution in [1.29, 1.82) is 0 Å². The number of amides is 1. The number of benzene rings is 1. The molecule has 3 rings (SSSR count). The largest absolute Gasteiger partial charge is 0.352 e. The quantitative estimate of drug-likeness (QED) is 0.879. The van der Waals surface area contributed by atoms with E-state index in [0.29, 0.717) is 25.3 Å². The number of carbonyl (C=O) groups is 1. The Morgan fingerprint density at radius 2 is 2.35 bits per heavy atom. The number of hydrogen-bond donors (Lipinski definition) is 1. The van der Waals surface area contributed by atoms with Crippen molar-refractivity contribution in [2.75, 3.05) is 5.88 Å². The Bertz CT molecular complexity index is 655. The van der Waals surface area contributed by atoms with E-state index in [9.17, 15) is 9.18 Å². The first-order chi connectivity index (χ1) is 9.67. The minimum absolute atomic E-state index is 0.0736. The molecule has 4 nitrogen and oxygen atoms in total. The number of fused-ring (bicyclic) bond motifs is 1. The Morgan fingerprint density at radius 3 is 3.05 bits per heavy atom. The highest BCUT2D eigenvalue weighted by atomic mass is 35.5. The van der Waals surface area contributed by atoms with E-state index in [1.54, 1.807) is 6.07 Å². The van der Waals surface area contributed by atoms with Crippen molar-refractivity contribution >= 4 is 28.5 Å². The van der Waals surface area contributed by atoms with E-state index < -0.39 is 0 Å². The zero-order valence-corrected chi connectivity index (χ0v) is 11.7. The average Bonchev–Trinajstić information content (AvgIpc) is 2.96. The predicted molar refractivity (Wildman–Crippen MR) is 75.3 cm³/mol. The molecular weight excluding hydrogens is 281 g/mol. The first-order valence-electron chi connectivity index (χ1n) is 6.67. The third-order valence-corrected chi connectivity index (χ3v) is 3.78. The number of alkyl halides is 1. The van der Waals surface area contributed by atoms with Crippen molar-refractivity contribution in [3.8, 4) is 0 Å². The molecule has 20 heavy (non-hydrogen) atoms. The van der Waals surface area contributed by atoms with Gasteiger partial charge in [0, 0.05) is 31.3 Å². The number of aryl methyl sites for hydroxylation is 1. The average molecular weight is 296 g/mol. The van der Waals surface area contributed by atoms with E-state index in [1.807, 2.05) is 4.57 Å². The van der Waals surface area contributed by atoms with Gasteiger partial charge in [0.05, 0.1) is 11.0 Å². The SMILES string of the molecule is O=C1CCC(Cn2c(CCCl)nc3ccc(F)cc32)N1. The number of nitrogens with zero attached hydrogens (tertiary/aromatic N) is 2. The molecule has 1 aliphatic heterocycles. The van der Waals surface area contributed by atoms with Gasteiger partial charge in [-0.05, 0) is 24.6 Å². The zero-order valence-electron chi connectivity index (χ0n) is 10.9. The Kier molecular flexibility index (Phi) is 3.61. The molecule has 0 saturated carbocycles. The van der Waals surface area contributed by atoms with Crippen LogP contribution in [0.1, 0.15) is 18.7 Å². The van der Waals surface area contributed by atoms with Crippen molar-refractivity contribution in [2.24, 2.45) is 0 Å². The molecule has 0 radical (unpaired) electrons. The number of hydrogen-bond acceptors (Lipinski definition) is 2. The molecule has 1 aliphatic rings. The third-order valence-electron chi connectivity index (χ3n) is 3.60. The second kappa shape index (κ2) is 5.40. The van der Waals surface area contributed by atoms with Gasteiger partial charge in [0.1, 0.15) is 11.6 Å². The molecule has 6 heteroatoms. The number of aromatic nitrogens is 2. The summed E-state index contributed by atoms with van der Waals surface area (Å²) >= 11 is 5.81. The van der Waals surface area contributed by atoms with Gasteiger partial charge in [0.15, 0.2) is 0 Å². The summed E-state index contributed by atoms with van der Waals surface area (Å²) in [5.41, 5.74) is 1.52. The van der Waals surface area contributed by atoms with Crippen molar-refractivity contribution < 1.29 is 9.18 Å². The summed E-state index contributed by atoms with van der Waals surface area (Å²) in [4.78, 5) is 15.8. The molecule has 0 bridgehead atoms. The minimum atomic E-state index is -0.286. The van der Waals surface area contributed by atoms with E-state index in [1.165, 1.54) is 12.1 Å². The first kappa shape index (κ1) is 13.4. The minimum Gasteiger partial charge on any atom is -0.352 e. The maximum Gasteiger partial charge on any atom is 0.220 e. The highest BCUT2D eigenvalue weighted by Gasteiger charge is 2.23. The monoisotopic (exact) mass is 295 g/mol. The summed E-state index contributed by atoms with van der Waals surface area (Å²) in [6.07, 6.45) is 1.98. The van der Waals surface area contributed by atoms with E-state index in [4.69, 9.17) is 11.6 Å². The van der Waals surface area contributed by atoms with Crippen molar-refractivity contribution in [3.05, 3.63) is 29.8 Å². The number of carbonyl (C=O) groups excluding carboxylic acids is 1. The fraction of sp³-hybridized carbons (Fsp3) is 0.429. The molecule has 2 aromatic rings. The molecule has 1 fully saturated rings. The summed E-state index contributed by atoms with van der Waals surface area (Å²) < 4.78 is 15.4. The van der Waals surface area contributed by atoms with Gasteiger partial charge in [0.25, 0.3) is 0 Å². The third kappa shape index (κ3) is 2.50. The van der Waals surface area contributed by atoms with Crippen LogP contribution < -0.4 is 5.32 Å². The smallest absolute Gasteiger partial charge is 0.220 e. The summed E-state index contributed by atoms with van der Waals surface area (Å²) in [6.45, 7) is 0.609. The standard InChI is InChI=1S/C14H15ClFN3O/c15-6-5-13-18-11-3-1-9(16)7-12(11)19(13)8-10-2-4-14(20)17-10/h1,3,7,10H,2,4-6,8H2,(H,17,20). The highest BCUT2D eigenvalue weighted by molar-refractivity contribution is 6.17. The molecule has 106 valence electrons. The van der Waals surface area contributed by atoms with Crippen LogP contribution in [0.3, 0.4) is 0 Å². The van der Waals surface area contributed by atoms with Gasteiger partial charge in [0.2, 0.25) is 5.91 Å². The lowest BCUT2D eigenvalue weighted by Crippen LogP contribution is -2.30. The van der Waals surface area contributed by atoms with Gasteiger partial charge in [-0.25, -0.2) is 9.37 Å². The normalized spacial score (nSPS) is 18.7. The van der Waals surface area contributed by atoms with Gasteiger partial charge in [-0.2, -0.15) is 0 Å². The molecule has 0 spiro atoms. The lowest BCUT2D eigenvalue weighted by Gasteiger charge is -2.14. The maximum absolute atomic E-state index is 13.5. The summed E-state index contributed by atoms with van der Waals surface area (Å²) in [5, 5.41) is 2.93. The Hall–Kier alpha value is -1.62. The molecule has 1 atom stereocenters. The van der Waals surface area contributed by atoms with Crippen LogP contribution in [0.15, 0.2) is 18.2 Å². The van der Waals surface area contributed by atoms with Crippen LogP contribution in [0.4, 0.5) is 4.39 Å². The lowest BCUT2D eigenvalue weighted by molar-refractivity contribution is -0.119. The number of imidazole rings is 1. The first-order valence-corrected chi connectivity index (χ1v) is 7.21. The Balaban J connectivity index is 1.99. The van der Waals surface area contributed by atoms with Crippen LogP contribution in [0.25, 0.3) is 11.0 Å². The highest BCUT2D eigenvalue weighted by Crippen LogP contribution is 2.20. The van der Waals surface area contributed by atoms with E-state index in [0.717, 1.165) is 23.3 Å². The van der Waals surface area contributed by atoms with Gasteiger partial charge in [-0.3, -0.25) is 4.79 Å². The predicted octanol–water partition coefficient (Wildman–Crippen LogP) is 2.24. The summed E-state index contributed by atoms with van der Waals surface area (Å²) in [5.74, 6) is 1.08. The lowest BCUT2D eigenvalue weighted by atomic mass is 10.2. The molecule has 1 N–H and O–H groups in total. The van der Waals surface area contributed by atoms with Crippen molar-refractivity contribution in [3.63, 3.8) is 0 Å². The fourth-order valence-corrected chi connectivity index (χ4v) is 2.83. The van der Waals surface area contributed by atoms with Crippen LogP contribution in [0, 0.1) is 5.82 Å². The number of rotatable bonds is 4. The van der Waals surface area contributed by atoms with Gasteiger partial charge < -0.3 is 9.88 Å². The second-order valence-corrected chi connectivity index (χ2v) is 5.39. The molecule has 1 aromatic carbocycles. The number of nitrogens with one attached hydrogen (secondary N) is 1. The summed E-state index contributed by atoms with van der Waals surface area (Å²) in [6, 6.07) is 4.64. The summed E-state index contributed by atoms with van der Waals surface area (Å²) in [7, 11) is 0. The van der Waals surface area contributed by atoms with Gasteiger partial charge in [-0.15, -0.1) is 11.6 Å². The topological polar surface area (TPSA) is 46.9 Å². The van der Waals surface area contributed by atoms with Gasteiger partial charge >= 0.3 is 0 Å². The molecule has 1 unspecified atom stereocenters. The van der Waals surface area contributed by atoms with Crippen molar-refractivity contribution in [1.82, 2.24) is 14.9 Å². The molecular formula is C14H15ClFN3O. The number of halogens is 2. The Morgan fingerprint density at radius 1 is 1.50 bits per heavy atom. The van der Waals surface area contributed by atoms with E-state index >= 15 is 0 Å². The maximum atomic E-state index is 13.5. The van der Waals surface area contributed by atoms with Crippen LogP contribution >= 0.6 is 11.6 Å².